The lowest BCUT2D eigenvalue weighted by Crippen LogP contribution is -2.65. The summed E-state index contributed by atoms with van der Waals surface area (Å²) < 4.78 is 0. The molecular formula is C15H28N2. The molecule has 2 atom stereocenters. The van der Waals surface area contributed by atoms with Crippen molar-refractivity contribution in [2.45, 2.75) is 58.0 Å². The molecule has 2 aliphatic carbocycles. The Hall–Kier alpha value is -0.0800. The number of nitrogens with zero attached hydrogens (tertiary/aromatic N) is 1. The molecule has 1 aliphatic heterocycles. The molecule has 3 rings (SSSR count). The van der Waals surface area contributed by atoms with Crippen LogP contribution in [0.15, 0.2) is 0 Å². The molecule has 3 aliphatic rings. The molecule has 1 saturated heterocycles. The Bertz CT molecular complexity index is 281. The third-order valence-electron chi connectivity index (χ3n) is 5.30. The molecule has 0 spiro atoms. The molecule has 2 unspecified atom stereocenters. The summed E-state index contributed by atoms with van der Waals surface area (Å²) in [5, 5.41) is 3.81. The number of hydrogen-bond donors (Lipinski definition) is 1. The molecule has 0 aromatic carbocycles. The van der Waals surface area contributed by atoms with Gasteiger partial charge in [-0.15, -0.1) is 0 Å². The van der Waals surface area contributed by atoms with E-state index in [1.54, 1.807) is 0 Å². The molecule has 0 radical (unpaired) electrons. The molecule has 98 valence electrons. The maximum Gasteiger partial charge on any atom is 0.0334 e. The van der Waals surface area contributed by atoms with Gasteiger partial charge in [0, 0.05) is 31.2 Å². The van der Waals surface area contributed by atoms with Crippen molar-refractivity contribution in [3.05, 3.63) is 0 Å². The second kappa shape index (κ2) is 4.24. The van der Waals surface area contributed by atoms with Crippen LogP contribution in [0.25, 0.3) is 0 Å². The minimum Gasteiger partial charge on any atom is -0.311 e. The highest BCUT2D eigenvalue weighted by Crippen LogP contribution is 2.45. The van der Waals surface area contributed by atoms with E-state index in [0.717, 1.165) is 17.8 Å². The van der Waals surface area contributed by atoms with Crippen molar-refractivity contribution in [3.8, 4) is 0 Å². The van der Waals surface area contributed by atoms with Crippen LogP contribution in [-0.4, -0.2) is 36.1 Å². The summed E-state index contributed by atoms with van der Waals surface area (Å²) >= 11 is 0. The van der Waals surface area contributed by atoms with Gasteiger partial charge in [-0.1, -0.05) is 13.8 Å². The molecule has 0 bridgehead atoms. The summed E-state index contributed by atoms with van der Waals surface area (Å²) in [6.45, 7) is 11.1. The van der Waals surface area contributed by atoms with E-state index in [-0.39, 0.29) is 0 Å². The topological polar surface area (TPSA) is 15.3 Å². The van der Waals surface area contributed by atoms with E-state index in [9.17, 15) is 0 Å². The zero-order chi connectivity index (χ0) is 12.0. The van der Waals surface area contributed by atoms with Gasteiger partial charge in [0.05, 0.1) is 0 Å². The van der Waals surface area contributed by atoms with Crippen LogP contribution in [-0.2, 0) is 0 Å². The lowest BCUT2D eigenvalue weighted by molar-refractivity contribution is 0.0218. The van der Waals surface area contributed by atoms with Crippen LogP contribution in [0.5, 0.6) is 0 Å². The van der Waals surface area contributed by atoms with Crippen molar-refractivity contribution in [3.63, 3.8) is 0 Å². The number of hydrogen-bond acceptors (Lipinski definition) is 2. The van der Waals surface area contributed by atoms with Gasteiger partial charge in [0.15, 0.2) is 0 Å². The Balaban J connectivity index is 1.70. The van der Waals surface area contributed by atoms with E-state index in [4.69, 9.17) is 0 Å². The molecule has 17 heavy (non-hydrogen) atoms. The summed E-state index contributed by atoms with van der Waals surface area (Å²) in [4.78, 5) is 2.85. The first-order chi connectivity index (χ1) is 8.09. The lowest BCUT2D eigenvalue weighted by Gasteiger charge is -2.50. The minimum atomic E-state index is 0.466. The average molecular weight is 236 g/mol. The van der Waals surface area contributed by atoms with Crippen LogP contribution in [0.2, 0.25) is 0 Å². The van der Waals surface area contributed by atoms with Crippen LogP contribution < -0.4 is 5.32 Å². The molecule has 2 nitrogen and oxygen atoms in total. The van der Waals surface area contributed by atoms with Crippen LogP contribution in [0.4, 0.5) is 0 Å². The first-order valence-electron chi connectivity index (χ1n) is 7.58. The maximum absolute atomic E-state index is 3.81. The fourth-order valence-corrected chi connectivity index (χ4v) is 3.41. The number of piperazine rings is 1. The van der Waals surface area contributed by atoms with E-state index in [2.05, 4.69) is 31.0 Å². The Morgan fingerprint density at radius 3 is 2.47 bits per heavy atom. The van der Waals surface area contributed by atoms with Crippen molar-refractivity contribution >= 4 is 0 Å². The highest BCUT2D eigenvalue weighted by Gasteiger charge is 2.49. The maximum atomic E-state index is 3.81. The van der Waals surface area contributed by atoms with E-state index in [1.807, 2.05) is 0 Å². The van der Waals surface area contributed by atoms with Gasteiger partial charge < -0.3 is 5.32 Å². The van der Waals surface area contributed by atoms with Gasteiger partial charge in [-0.25, -0.2) is 0 Å². The van der Waals surface area contributed by atoms with Gasteiger partial charge in [0.1, 0.15) is 0 Å². The van der Waals surface area contributed by atoms with Gasteiger partial charge in [0.25, 0.3) is 0 Å². The van der Waals surface area contributed by atoms with E-state index in [0.29, 0.717) is 11.6 Å². The summed E-state index contributed by atoms with van der Waals surface area (Å²) in [7, 11) is 0. The molecule has 0 amide bonds. The van der Waals surface area contributed by atoms with Crippen molar-refractivity contribution in [2.75, 3.05) is 19.6 Å². The third kappa shape index (κ3) is 2.39. The van der Waals surface area contributed by atoms with Gasteiger partial charge in [-0.05, 0) is 50.4 Å². The summed E-state index contributed by atoms with van der Waals surface area (Å²) in [5.74, 6) is 2.77. The Morgan fingerprint density at radius 1 is 1.24 bits per heavy atom. The molecule has 1 N–H and O–H groups in total. The normalized spacial score (nSPS) is 39.9. The quantitative estimate of drug-likeness (QED) is 0.807. The average Bonchev–Trinajstić information content (AvgIpc) is 3.15. The van der Waals surface area contributed by atoms with Crippen LogP contribution in [0.1, 0.15) is 46.5 Å². The van der Waals surface area contributed by atoms with Gasteiger partial charge in [-0.2, -0.15) is 0 Å². The summed E-state index contributed by atoms with van der Waals surface area (Å²) in [5.41, 5.74) is 0.466. The third-order valence-corrected chi connectivity index (χ3v) is 5.30. The molecular weight excluding hydrogens is 208 g/mol. The molecule has 2 heteroatoms. The molecule has 3 fully saturated rings. The first kappa shape index (κ1) is 12.0. The minimum absolute atomic E-state index is 0.466. The highest BCUT2D eigenvalue weighted by molar-refractivity contribution is 5.06. The lowest BCUT2D eigenvalue weighted by atomic mass is 9.87. The monoisotopic (exact) mass is 236 g/mol. The van der Waals surface area contributed by atoms with Crippen molar-refractivity contribution in [1.29, 1.82) is 0 Å². The van der Waals surface area contributed by atoms with Gasteiger partial charge in [0.2, 0.25) is 0 Å². The smallest absolute Gasteiger partial charge is 0.0334 e. The number of nitrogens with one attached hydrogen (secondary N) is 1. The van der Waals surface area contributed by atoms with E-state index >= 15 is 0 Å². The molecule has 2 saturated carbocycles. The van der Waals surface area contributed by atoms with Crippen molar-refractivity contribution in [2.24, 2.45) is 17.8 Å². The molecule has 0 aromatic rings. The Kier molecular flexibility index (Phi) is 2.99. The standard InChI is InChI=1S/C15H28N2/c1-11(2)14-9-17(8-12-4-5-12)15(3,10-16-14)13-6-7-13/h11-14,16H,4-10H2,1-3H3. The predicted molar refractivity (Wildman–Crippen MR) is 72.1 cm³/mol. The summed E-state index contributed by atoms with van der Waals surface area (Å²) in [6, 6.07) is 0.709. The van der Waals surface area contributed by atoms with Gasteiger partial charge >= 0.3 is 0 Å². The van der Waals surface area contributed by atoms with E-state index < -0.39 is 0 Å². The molecule has 1 heterocycles. The Labute approximate surface area is 106 Å². The zero-order valence-corrected chi connectivity index (χ0v) is 11.7. The fraction of sp³-hybridized carbons (Fsp3) is 1.00. The largest absolute Gasteiger partial charge is 0.311 e. The predicted octanol–water partition coefficient (Wildman–Crippen LogP) is 2.49. The second-order valence-electron chi connectivity index (χ2n) is 7.21. The first-order valence-corrected chi connectivity index (χ1v) is 7.58. The van der Waals surface area contributed by atoms with Crippen LogP contribution in [0.3, 0.4) is 0 Å². The highest BCUT2D eigenvalue weighted by atomic mass is 15.3. The Morgan fingerprint density at radius 2 is 1.94 bits per heavy atom. The zero-order valence-electron chi connectivity index (χ0n) is 11.7. The number of rotatable bonds is 4. The van der Waals surface area contributed by atoms with Crippen LogP contribution in [0, 0.1) is 17.8 Å². The van der Waals surface area contributed by atoms with E-state index in [1.165, 1.54) is 45.3 Å². The van der Waals surface area contributed by atoms with Crippen molar-refractivity contribution in [1.82, 2.24) is 10.2 Å². The SMILES string of the molecule is CC(C)C1CN(CC2CC2)C(C)(C2CC2)CN1. The van der Waals surface area contributed by atoms with Gasteiger partial charge in [-0.3, -0.25) is 4.90 Å². The molecule has 0 aromatic heterocycles. The van der Waals surface area contributed by atoms with Crippen LogP contribution >= 0.6 is 0 Å². The fourth-order valence-electron chi connectivity index (χ4n) is 3.41. The second-order valence-corrected chi connectivity index (χ2v) is 7.21. The summed E-state index contributed by atoms with van der Waals surface area (Å²) in [6.07, 6.45) is 5.89. The van der Waals surface area contributed by atoms with Crippen molar-refractivity contribution < 1.29 is 0 Å².